The Hall–Kier alpha value is -2.01. The fourth-order valence-corrected chi connectivity index (χ4v) is 4.97. The fourth-order valence-electron chi connectivity index (χ4n) is 1.71. The summed E-state index contributed by atoms with van der Waals surface area (Å²) in [6.07, 6.45) is 0. The van der Waals surface area contributed by atoms with Gasteiger partial charge in [0.15, 0.2) is 0 Å². The van der Waals surface area contributed by atoms with Crippen LogP contribution < -0.4 is 5.32 Å². The van der Waals surface area contributed by atoms with Crippen molar-refractivity contribution in [2.45, 2.75) is 9.10 Å². The molecule has 2 aromatic rings. The van der Waals surface area contributed by atoms with Crippen molar-refractivity contribution in [2.24, 2.45) is 0 Å². The Morgan fingerprint density at radius 3 is 2.54 bits per heavy atom. The highest BCUT2D eigenvalue weighted by molar-refractivity contribution is 7.93. The minimum absolute atomic E-state index is 0.234. The summed E-state index contributed by atoms with van der Waals surface area (Å²) in [5, 5.41) is 19.4. The second-order valence-electron chi connectivity index (χ2n) is 4.40. The third-order valence-corrected chi connectivity index (χ3v) is 6.54. The summed E-state index contributed by atoms with van der Waals surface area (Å²) in [5.74, 6) is -3.22. The molecule has 128 valence electrons. The van der Waals surface area contributed by atoms with E-state index < -0.39 is 48.8 Å². The van der Waals surface area contributed by atoms with Gasteiger partial charge in [0.25, 0.3) is 5.91 Å². The van der Waals surface area contributed by atoms with Crippen LogP contribution in [0.15, 0.2) is 33.4 Å². The molecule has 0 radical (unpaired) electrons. The van der Waals surface area contributed by atoms with Gasteiger partial charge in [0.2, 0.25) is 9.84 Å². The van der Waals surface area contributed by atoms with Crippen molar-refractivity contribution in [1.29, 1.82) is 0 Å². The molecule has 1 aromatic heterocycles. The zero-order chi connectivity index (χ0) is 18.1. The van der Waals surface area contributed by atoms with Gasteiger partial charge in [-0.1, -0.05) is 11.6 Å². The molecule has 1 aromatic carbocycles. The molecule has 7 nitrogen and oxygen atoms in total. The van der Waals surface area contributed by atoms with Crippen molar-refractivity contribution in [3.05, 3.63) is 40.7 Å². The number of aliphatic hydroxyl groups excluding tert-OH is 1. The van der Waals surface area contributed by atoms with E-state index in [-0.39, 0.29) is 10.0 Å². The average molecular weight is 394 g/mol. The summed E-state index contributed by atoms with van der Waals surface area (Å²) >= 11 is 6.24. The molecular formula is C13H9ClFNO6S2. The van der Waals surface area contributed by atoms with Crippen molar-refractivity contribution in [1.82, 2.24) is 0 Å². The first-order valence-electron chi connectivity index (χ1n) is 6.14. The van der Waals surface area contributed by atoms with Gasteiger partial charge in [-0.2, -0.15) is 0 Å². The number of hydrogen-bond acceptors (Lipinski definition) is 6. The molecule has 0 saturated heterocycles. The van der Waals surface area contributed by atoms with Crippen LogP contribution in [0.4, 0.5) is 9.39 Å². The number of halogens is 2. The molecule has 0 aliphatic rings. The molecule has 2 rings (SSSR count). The number of sulfone groups is 1. The monoisotopic (exact) mass is 393 g/mol. The highest BCUT2D eigenvalue weighted by atomic mass is 35.5. The third-order valence-electron chi connectivity index (χ3n) is 2.78. The number of nitrogens with one attached hydrogen (secondary N) is 1. The van der Waals surface area contributed by atoms with E-state index in [4.69, 9.17) is 21.8 Å². The van der Waals surface area contributed by atoms with Crippen molar-refractivity contribution in [3.63, 3.8) is 0 Å². The SMILES string of the molecule is O=C(CO)Nc1sc(S(=O)(=O)c2cc(F)ccc2Cl)cc1C(=O)O. The lowest BCUT2D eigenvalue weighted by Gasteiger charge is -2.04. The summed E-state index contributed by atoms with van der Waals surface area (Å²) in [5.41, 5.74) is -0.479. The highest BCUT2D eigenvalue weighted by Crippen LogP contribution is 2.37. The number of anilines is 1. The van der Waals surface area contributed by atoms with Gasteiger partial charge in [-0.05, 0) is 24.3 Å². The first kappa shape index (κ1) is 18.3. The van der Waals surface area contributed by atoms with E-state index in [0.29, 0.717) is 17.4 Å². The van der Waals surface area contributed by atoms with Crippen LogP contribution in [0.3, 0.4) is 0 Å². The number of carbonyl (C=O) groups excluding carboxylic acids is 1. The molecule has 0 unspecified atom stereocenters. The lowest BCUT2D eigenvalue weighted by Crippen LogP contribution is -2.16. The molecule has 0 bridgehead atoms. The van der Waals surface area contributed by atoms with Gasteiger partial charge < -0.3 is 15.5 Å². The minimum Gasteiger partial charge on any atom is -0.478 e. The van der Waals surface area contributed by atoms with E-state index in [0.717, 1.165) is 18.2 Å². The largest absolute Gasteiger partial charge is 0.478 e. The molecule has 0 aliphatic carbocycles. The number of aliphatic hydroxyl groups is 1. The smallest absolute Gasteiger partial charge is 0.338 e. The first-order chi connectivity index (χ1) is 11.2. The maximum atomic E-state index is 13.3. The standard InChI is InChI=1S/C13H9ClFNO6S2/c14-8-2-1-6(15)3-9(8)24(21,22)11-4-7(13(19)20)12(23-11)16-10(18)5-17/h1-4,17H,5H2,(H,16,18)(H,19,20). The maximum absolute atomic E-state index is 13.3. The third kappa shape index (κ3) is 3.56. The molecule has 0 saturated carbocycles. The lowest BCUT2D eigenvalue weighted by atomic mass is 10.3. The van der Waals surface area contributed by atoms with Gasteiger partial charge in [-0.15, -0.1) is 11.3 Å². The summed E-state index contributed by atoms with van der Waals surface area (Å²) in [6.45, 7) is -0.908. The van der Waals surface area contributed by atoms with E-state index in [9.17, 15) is 22.4 Å². The minimum atomic E-state index is -4.30. The Bertz CT molecular complexity index is 925. The van der Waals surface area contributed by atoms with Crippen LogP contribution >= 0.6 is 22.9 Å². The van der Waals surface area contributed by atoms with Gasteiger partial charge in [0.1, 0.15) is 21.6 Å². The molecule has 1 amide bonds. The summed E-state index contributed by atoms with van der Waals surface area (Å²) < 4.78 is 38.0. The molecule has 24 heavy (non-hydrogen) atoms. The van der Waals surface area contributed by atoms with Crippen LogP contribution in [0.1, 0.15) is 10.4 Å². The molecule has 11 heteroatoms. The Morgan fingerprint density at radius 1 is 1.29 bits per heavy atom. The van der Waals surface area contributed by atoms with Gasteiger partial charge in [-0.3, -0.25) is 4.79 Å². The second-order valence-corrected chi connectivity index (χ2v) is 8.00. The molecular weight excluding hydrogens is 385 g/mol. The zero-order valence-electron chi connectivity index (χ0n) is 11.6. The van der Waals surface area contributed by atoms with Crippen molar-refractivity contribution in [3.8, 4) is 0 Å². The quantitative estimate of drug-likeness (QED) is 0.714. The van der Waals surface area contributed by atoms with Crippen LogP contribution in [0.25, 0.3) is 0 Å². The Balaban J connectivity index is 2.59. The van der Waals surface area contributed by atoms with Crippen molar-refractivity contribution in [2.75, 3.05) is 11.9 Å². The first-order valence-corrected chi connectivity index (χ1v) is 8.82. The fraction of sp³-hybridized carbons (Fsp3) is 0.0769. The van der Waals surface area contributed by atoms with E-state index >= 15 is 0 Å². The van der Waals surface area contributed by atoms with E-state index in [1.807, 2.05) is 0 Å². The summed E-state index contributed by atoms with van der Waals surface area (Å²) in [7, 11) is -4.30. The Morgan fingerprint density at radius 2 is 1.96 bits per heavy atom. The number of carboxylic acid groups (broad SMARTS) is 1. The van der Waals surface area contributed by atoms with Crippen molar-refractivity contribution < 1.29 is 32.6 Å². The molecule has 1 heterocycles. The number of benzene rings is 1. The molecule has 0 aliphatic heterocycles. The van der Waals surface area contributed by atoms with Crippen LogP contribution in [0, 0.1) is 5.82 Å². The Kier molecular flexibility index (Phi) is 5.23. The van der Waals surface area contributed by atoms with E-state index in [1.54, 1.807) is 0 Å². The zero-order valence-corrected chi connectivity index (χ0v) is 14.0. The average Bonchev–Trinajstić information content (AvgIpc) is 2.94. The lowest BCUT2D eigenvalue weighted by molar-refractivity contribution is -0.118. The second kappa shape index (κ2) is 6.85. The number of thiophene rings is 1. The predicted molar refractivity (Wildman–Crippen MR) is 83.9 cm³/mol. The van der Waals surface area contributed by atoms with Crippen LogP contribution in [0.2, 0.25) is 5.02 Å². The number of hydrogen-bond donors (Lipinski definition) is 3. The van der Waals surface area contributed by atoms with Gasteiger partial charge in [-0.25, -0.2) is 17.6 Å². The number of aromatic carboxylic acids is 1. The molecule has 0 atom stereocenters. The number of carboxylic acids is 1. The molecule has 0 fully saturated rings. The number of amides is 1. The predicted octanol–water partition coefficient (Wildman–Crippen LogP) is 2.00. The number of rotatable bonds is 5. The number of carbonyl (C=O) groups is 2. The van der Waals surface area contributed by atoms with Gasteiger partial charge in [0, 0.05) is 0 Å². The summed E-state index contributed by atoms with van der Waals surface area (Å²) in [6, 6.07) is 3.58. The molecule has 0 spiro atoms. The summed E-state index contributed by atoms with van der Waals surface area (Å²) in [4.78, 5) is 21.9. The Labute approximate surface area is 144 Å². The van der Waals surface area contributed by atoms with Gasteiger partial charge in [0.05, 0.1) is 15.5 Å². The van der Waals surface area contributed by atoms with Crippen molar-refractivity contribution >= 4 is 49.7 Å². The normalized spacial score (nSPS) is 11.3. The van der Waals surface area contributed by atoms with Crippen LogP contribution in [-0.4, -0.2) is 37.1 Å². The van der Waals surface area contributed by atoms with Crippen LogP contribution in [0.5, 0.6) is 0 Å². The topological polar surface area (TPSA) is 121 Å². The van der Waals surface area contributed by atoms with Gasteiger partial charge >= 0.3 is 5.97 Å². The highest BCUT2D eigenvalue weighted by Gasteiger charge is 2.28. The van der Waals surface area contributed by atoms with Crippen LogP contribution in [-0.2, 0) is 14.6 Å². The van der Waals surface area contributed by atoms with E-state index in [2.05, 4.69) is 5.32 Å². The van der Waals surface area contributed by atoms with E-state index in [1.165, 1.54) is 0 Å². The maximum Gasteiger partial charge on any atom is 0.338 e. The molecule has 3 N–H and O–H groups in total.